The number of benzene rings is 1. The van der Waals surface area contributed by atoms with Gasteiger partial charge < -0.3 is 14.9 Å². The molecule has 0 spiro atoms. The summed E-state index contributed by atoms with van der Waals surface area (Å²) in [5, 5.41) is 9.35. The topological polar surface area (TPSA) is 30.0 Å². The van der Waals surface area contributed by atoms with Gasteiger partial charge in [-0.15, -0.1) is 0 Å². The van der Waals surface area contributed by atoms with Crippen LogP contribution < -0.4 is 4.90 Å². The first-order valence-corrected chi connectivity index (χ1v) is 7.69. The zero-order valence-electron chi connectivity index (χ0n) is 12.3. The van der Waals surface area contributed by atoms with Crippen molar-refractivity contribution >= 4 is 5.69 Å². The lowest BCUT2D eigenvalue weighted by molar-refractivity contribution is 0.185. The molecule has 0 amide bonds. The summed E-state index contributed by atoms with van der Waals surface area (Å²) in [6.45, 7) is 6.94. The number of rotatable bonds is 3. The predicted octanol–water partition coefficient (Wildman–Crippen LogP) is 1.61. The summed E-state index contributed by atoms with van der Waals surface area (Å²) >= 11 is 0. The molecule has 2 heterocycles. The first-order valence-electron chi connectivity index (χ1n) is 7.69. The maximum atomic E-state index is 9.35. The number of aromatic hydroxyl groups is 1. The Hall–Kier alpha value is -1.26. The van der Waals surface area contributed by atoms with E-state index in [1.807, 2.05) is 12.1 Å². The summed E-state index contributed by atoms with van der Waals surface area (Å²) in [6, 6.07) is 8.32. The lowest BCUT2D eigenvalue weighted by atomic mass is 10.2. The van der Waals surface area contributed by atoms with Crippen molar-refractivity contribution in [3.05, 3.63) is 24.3 Å². The molecule has 2 aliphatic rings. The highest BCUT2D eigenvalue weighted by Gasteiger charge is 2.25. The van der Waals surface area contributed by atoms with Gasteiger partial charge in [0.1, 0.15) is 5.75 Å². The van der Waals surface area contributed by atoms with Crippen LogP contribution in [0.5, 0.6) is 5.75 Å². The third kappa shape index (κ3) is 3.07. The van der Waals surface area contributed by atoms with Gasteiger partial charge in [0.25, 0.3) is 0 Å². The molecule has 2 saturated heterocycles. The van der Waals surface area contributed by atoms with E-state index < -0.39 is 0 Å². The first kappa shape index (κ1) is 13.7. The zero-order valence-corrected chi connectivity index (χ0v) is 12.3. The average molecular weight is 275 g/mol. The van der Waals surface area contributed by atoms with E-state index in [0.717, 1.165) is 32.2 Å². The SMILES string of the molecule is CN1CCC[C@H]1CN1CCN(c2ccc(O)cc2)CC1. The number of phenols is 1. The summed E-state index contributed by atoms with van der Waals surface area (Å²) < 4.78 is 0. The molecule has 2 aliphatic heterocycles. The number of piperazine rings is 1. The maximum Gasteiger partial charge on any atom is 0.115 e. The van der Waals surface area contributed by atoms with E-state index in [9.17, 15) is 5.11 Å². The van der Waals surface area contributed by atoms with E-state index in [1.54, 1.807) is 12.1 Å². The second-order valence-corrected chi connectivity index (χ2v) is 6.08. The van der Waals surface area contributed by atoms with E-state index in [1.165, 1.54) is 31.6 Å². The van der Waals surface area contributed by atoms with Crippen LogP contribution in [0, 0.1) is 0 Å². The van der Waals surface area contributed by atoms with Crippen molar-refractivity contribution in [1.29, 1.82) is 0 Å². The molecule has 4 heteroatoms. The summed E-state index contributed by atoms with van der Waals surface area (Å²) in [4.78, 5) is 7.52. The Morgan fingerprint density at radius 1 is 1.05 bits per heavy atom. The molecule has 20 heavy (non-hydrogen) atoms. The second kappa shape index (κ2) is 6.02. The van der Waals surface area contributed by atoms with Gasteiger partial charge >= 0.3 is 0 Å². The molecule has 0 saturated carbocycles. The minimum atomic E-state index is 0.344. The normalized spacial score (nSPS) is 25.2. The van der Waals surface area contributed by atoms with E-state index in [-0.39, 0.29) is 0 Å². The van der Waals surface area contributed by atoms with Gasteiger partial charge in [-0.25, -0.2) is 0 Å². The van der Waals surface area contributed by atoms with Crippen LogP contribution in [0.3, 0.4) is 0 Å². The Morgan fingerprint density at radius 2 is 1.75 bits per heavy atom. The Balaban J connectivity index is 1.50. The van der Waals surface area contributed by atoms with Crippen LogP contribution in [0.15, 0.2) is 24.3 Å². The smallest absolute Gasteiger partial charge is 0.115 e. The summed E-state index contributed by atoms with van der Waals surface area (Å²) in [5.74, 6) is 0.344. The molecule has 1 atom stereocenters. The highest BCUT2D eigenvalue weighted by molar-refractivity contribution is 5.49. The van der Waals surface area contributed by atoms with Gasteiger partial charge in [-0.1, -0.05) is 0 Å². The van der Waals surface area contributed by atoms with Crippen LogP contribution >= 0.6 is 0 Å². The van der Waals surface area contributed by atoms with Crippen molar-refractivity contribution in [3.8, 4) is 5.75 Å². The molecule has 0 aromatic heterocycles. The molecule has 0 radical (unpaired) electrons. The highest BCUT2D eigenvalue weighted by Crippen LogP contribution is 2.21. The number of hydrogen-bond acceptors (Lipinski definition) is 4. The van der Waals surface area contributed by atoms with Crippen molar-refractivity contribution in [2.24, 2.45) is 0 Å². The van der Waals surface area contributed by atoms with E-state index in [2.05, 4.69) is 21.7 Å². The molecule has 1 aromatic carbocycles. The van der Waals surface area contributed by atoms with Gasteiger partial charge in [0.15, 0.2) is 0 Å². The third-order valence-corrected chi connectivity index (χ3v) is 4.73. The van der Waals surface area contributed by atoms with E-state index >= 15 is 0 Å². The predicted molar refractivity (Wildman–Crippen MR) is 82.4 cm³/mol. The molecule has 0 bridgehead atoms. The van der Waals surface area contributed by atoms with Crippen LogP contribution in [0.1, 0.15) is 12.8 Å². The minimum absolute atomic E-state index is 0.344. The van der Waals surface area contributed by atoms with Crippen LogP contribution in [0.4, 0.5) is 5.69 Å². The van der Waals surface area contributed by atoms with Crippen molar-refractivity contribution in [2.45, 2.75) is 18.9 Å². The average Bonchev–Trinajstić information content (AvgIpc) is 2.86. The Kier molecular flexibility index (Phi) is 4.13. The van der Waals surface area contributed by atoms with Gasteiger partial charge in [0.2, 0.25) is 0 Å². The third-order valence-electron chi connectivity index (χ3n) is 4.73. The zero-order chi connectivity index (χ0) is 13.9. The Morgan fingerprint density at radius 3 is 2.35 bits per heavy atom. The van der Waals surface area contributed by atoms with Gasteiger partial charge in [-0.2, -0.15) is 0 Å². The number of likely N-dealkylation sites (N-methyl/N-ethyl adjacent to an activating group) is 1. The molecular weight excluding hydrogens is 250 g/mol. The van der Waals surface area contributed by atoms with Crippen LogP contribution in [0.2, 0.25) is 0 Å². The summed E-state index contributed by atoms with van der Waals surface area (Å²) in [5.41, 5.74) is 1.22. The van der Waals surface area contributed by atoms with E-state index in [4.69, 9.17) is 0 Å². The lowest BCUT2D eigenvalue weighted by Crippen LogP contribution is -2.50. The molecule has 2 fully saturated rings. The maximum absolute atomic E-state index is 9.35. The molecule has 0 unspecified atom stereocenters. The standard InChI is InChI=1S/C16H25N3O/c1-17-8-2-3-15(17)13-18-9-11-19(12-10-18)14-4-6-16(20)7-5-14/h4-7,15,20H,2-3,8-13H2,1H3/t15-/m0/s1. The van der Waals surface area contributed by atoms with Crippen LogP contribution in [-0.4, -0.2) is 67.3 Å². The van der Waals surface area contributed by atoms with Gasteiger partial charge in [-0.3, -0.25) is 4.90 Å². The summed E-state index contributed by atoms with van der Waals surface area (Å²) in [7, 11) is 2.25. The fraction of sp³-hybridized carbons (Fsp3) is 0.625. The van der Waals surface area contributed by atoms with Crippen molar-refractivity contribution in [3.63, 3.8) is 0 Å². The Bertz CT molecular complexity index is 426. The molecule has 3 rings (SSSR count). The molecule has 110 valence electrons. The first-order chi connectivity index (χ1) is 9.72. The lowest BCUT2D eigenvalue weighted by Gasteiger charge is -2.38. The van der Waals surface area contributed by atoms with Gasteiger partial charge in [0, 0.05) is 44.5 Å². The number of anilines is 1. The fourth-order valence-corrected chi connectivity index (χ4v) is 3.36. The molecule has 0 aliphatic carbocycles. The van der Waals surface area contributed by atoms with Crippen LogP contribution in [-0.2, 0) is 0 Å². The number of hydrogen-bond donors (Lipinski definition) is 1. The molecule has 1 N–H and O–H groups in total. The van der Waals surface area contributed by atoms with Crippen molar-refractivity contribution in [1.82, 2.24) is 9.80 Å². The van der Waals surface area contributed by atoms with E-state index in [0.29, 0.717) is 5.75 Å². The highest BCUT2D eigenvalue weighted by atomic mass is 16.3. The fourth-order valence-electron chi connectivity index (χ4n) is 3.36. The van der Waals surface area contributed by atoms with Crippen molar-refractivity contribution < 1.29 is 5.11 Å². The van der Waals surface area contributed by atoms with Crippen LogP contribution in [0.25, 0.3) is 0 Å². The number of phenolic OH excluding ortho intramolecular Hbond substituents is 1. The summed E-state index contributed by atoms with van der Waals surface area (Å²) in [6.07, 6.45) is 2.71. The molecular formula is C16H25N3O. The second-order valence-electron chi connectivity index (χ2n) is 6.08. The monoisotopic (exact) mass is 275 g/mol. The number of nitrogens with zero attached hydrogens (tertiary/aromatic N) is 3. The van der Waals surface area contributed by atoms with Gasteiger partial charge in [-0.05, 0) is 50.7 Å². The number of likely N-dealkylation sites (tertiary alicyclic amines) is 1. The quantitative estimate of drug-likeness (QED) is 0.908. The largest absolute Gasteiger partial charge is 0.508 e. The van der Waals surface area contributed by atoms with Crippen molar-refractivity contribution in [2.75, 3.05) is 51.2 Å². The minimum Gasteiger partial charge on any atom is -0.508 e. The Labute approximate surface area is 121 Å². The molecule has 1 aromatic rings. The van der Waals surface area contributed by atoms with Gasteiger partial charge in [0.05, 0.1) is 0 Å². The molecule has 4 nitrogen and oxygen atoms in total.